The van der Waals surface area contributed by atoms with Gasteiger partial charge in [0.25, 0.3) is 0 Å². The van der Waals surface area contributed by atoms with Gasteiger partial charge in [0, 0.05) is 6.54 Å². The highest BCUT2D eigenvalue weighted by molar-refractivity contribution is 5.83. The first-order valence-corrected chi connectivity index (χ1v) is 3.35. The summed E-state index contributed by atoms with van der Waals surface area (Å²) in [7, 11) is 0. The van der Waals surface area contributed by atoms with Crippen molar-refractivity contribution in [2.75, 3.05) is 13.2 Å². The second-order valence-corrected chi connectivity index (χ2v) is 2.74. The van der Waals surface area contributed by atoms with Gasteiger partial charge in [-0.15, -0.1) is 0 Å². The molecule has 1 amide bonds. The van der Waals surface area contributed by atoms with Gasteiger partial charge in [0.1, 0.15) is 6.23 Å². The lowest BCUT2D eigenvalue weighted by atomic mass is 10.1. The van der Waals surface area contributed by atoms with Crippen LogP contribution in [0.5, 0.6) is 0 Å². The van der Waals surface area contributed by atoms with Gasteiger partial charge in [0.2, 0.25) is 5.91 Å². The van der Waals surface area contributed by atoms with Crippen molar-refractivity contribution in [3.63, 3.8) is 0 Å². The van der Waals surface area contributed by atoms with Crippen molar-refractivity contribution in [1.29, 1.82) is 0 Å². The van der Waals surface area contributed by atoms with E-state index in [4.69, 9.17) is 4.74 Å². The van der Waals surface area contributed by atoms with Crippen LogP contribution in [-0.2, 0) is 9.53 Å². The van der Waals surface area contributed by atoms with Gasteiger partial charge >= 0.3 is 0 Å². The quantitative estimate of drug-likeness (QED) is 0.352. The van der Waals surface area contributed by atoms with Crippen molar-refractivity contribution < 1.29 is 9.53 Å². The van der Waals surface area contributed by atoms with E-state index in [1.807, 2.05) is 0 Å². The highest BCUT2D eigenvalue weighted by atomic mass is 16.5. The predicted octanol–water partition coefficient (Wildman–Crippen LogP) is 0.131. The van der Waals surface area contributed by atoms with Crippen molar-refractivity contribution >= 4 is 5.91 Å². The van der Waals surface area contributed by atoms with E-state index in [0.717, 1.165) is 5.57 Å². The van der Waals surface area contributed by atoms with Crippen LogP contribution >= 0.6 is 0 Å². The molecule has 0 aromatic heterocycles. The predicted molar refractivity (Wildman–Crippen MR) is 35.2 cm³/mol. The summed E-state index contributed by atoms with van der Waals surface area (Å²) in [6.07, 6.45) is 0.630. The Morgan fingerprint density at radius 3 is 3.10 bits per heavy atom. The van der Waals surface area contributed by atoms with Gasteiger partial charge in [0.15, 0.2) is 0 Å². The van der Waals surface area contributed by atoms with E-state index >= 15 is 0 Å². The summed E-state index contributed by atoms with van der Waals surface area (Å²) in [5, 5.41) is 0. The minimum absolute atomic E-state index is 0.0676. The molecular weight excluding hydrogens is 130 g/mol. The second kappa shape index (κ2) is 1.83. The van der Waals surface area contributed by atoms with Gasteiger partial charge in [-0.2, -0.15) is 0 Å². The lowest BCUT2D eigenvalue weighted by Gasteiger charge is -2.43. The first kappa shape index (κ1) is 5.92. The van der Waals surface area contributed by atoms with Gasteiger partial charge in [0.05, 0.1) is 13.0 Å². The largest absolute Gasteiger partial charge is 0.353 e. The first-order chi connectivity index (χ1) is 4.77. The maximum atomic E-state index is 10.8. The molecule has 0 unspecified atom stereocenters. The number of carbonyl (C=O) groups excluding carboxylic acids is 1. The van der Waals surface area contributed by atoms with Crippen LogP contribution in [0, 0.1) is 0 Å². The Morgan fingerprint density at radius 2 is 2.50 bits per heavy atom. The van der Waals surface area contributed by atoms with Gasteiger partial charge in [-0.25, -0.2) is 0 Å². The summed E-state index contributed by atoms with van der Waals surface area (Å²) in [6, 6.07) is 0. The number of carbonyl (C=O) groups is 1. The summed E-state index contributed by atoms with van der Waals surface area (Å²) in [5.41, 5.74) is 0.990. The molecule has 0 radical (unpaired) electrons. The van der Waals surface area contributed by atoms with Crippen LogP contribution in [0.1, 0.15) is 6.42 Å². The highest BCUT2D eigenvalue weighted by Crippen LogP contribution is 2.25. The third kappa shape index (κ3) is 0.671. The van der Waals surface area contributed by atoms with Crippen LogP contribution in [0.3, 0.4) is 0 Å². The molecule has 2 aliphatic heterocycles. The molecule has 1 atom stereocenters. The summed E-state index contributed by atoms with van der Waals surface area (Å²) < 4.78 is 5.27. The van der Waals surface area contributed by atoms with Gasteiger partial charge in [-0.3, -0.25) is 4.79 Å². The molecule has 2 rings (SSSR count). The molecule has 10 heavy (non-hydrogen) atoms. The Bertz CT molecular complexity index is 194. The molecule has 0 aromatic rings. The summed E-state index contributed by atoms with van der Waals surface area (Å²) in [5.74, 6) is 0.186. The van der Waals surface area contributed by atoms with E-state index < -0.39 is 0 Å². The zero-order chi connectivity index (χ0) is 7.14. The zero-order valence-electron chi connectivity index (χ0n) is 5.67. The van der Waals surface area contributed by atoms with Crippen molar-refractivity contribution in [2.24, 2.45) is 0 Å². The Labute approximate surface area is 59.3 Å². The first-order valence-electron chi connectivity index (χ1n) is 3.35. The third-order valence-corrected chi connectivity index (χ3v) is 1.89. The fourth-order valence-corrected chi connectivity index (χ4v) is 1.26. The maximum absolute atomic E-state index is 10.8. The van der Waals surface area contributed by atoms with E-state index in [2.05, 4.69) is 6.58 Å². The van der Waals surface area contributed by atoms with Gasteiger partial charge < -0.3 is 9.64 Å². The number of hydrogen-bond donors (Lipinski definition) is 0. The van der Waals surface area contributed by atoms with Crippen LogP contribution in [0.4, 0.5) is 0 Å². The fraction of sp³-hybridized carbons (Fsp3) is 0.571. The highest BCUT2D eigenvalue weighted by Gasteiger charge is 2.39. The second-order valence-electron chi connectivity index (χ2n) is 2.74. The number of β-lactam (4-membered cyclic amide) rings is 1. The third-order valence-electron chi connectivity index (χ3n) is 1.89. The molecular formula is C7H9NO2. The number of hydrogen-bond acceptors (Lipinski definition) is 2. The van der Waals surface area contributed by atoms with E-state index in [-0.39, 0.29) is 12.1 Å². The molecule has 0 N–H and O–H groups in total. The van der Waals surface area contributed by atoms with E-state index in [1.165, 1.54) is 0 Å². The van der Waals surface area contributed by atoms with Crippen LogP contribution in [0.2, 0.25) is 0 Å². The van der Waals surface area contributed by atoms with Crippen molar-refractivity contribution in [2.45, 2.75) is 12.6 Å². The van der Waals surface area contributed by atoms with Crippen LogP contribution < -0.4 is 0 Å². The summed E-state index contributed by atoms with van der Waals surface area (Å²) in [6.45, 7) is 5.07. The molecule has 0 spiro atoms. The summed E-state index contributed by atoms with van der Waals surface area (Å²) in [4.78, 5) is 12.5. The minimum Gasteiger partial charge on any atom is -0.353 e. The Balaban J connectivity index is 2.07. The number of ether oxygens (including phenoxy) is 1. The lowest BCUT2D eigenvalue weighted by Crippen LogP contribution is -2.57. The van der Waals surface area contributed by atoms with E-state index in [0.29, 0.717) is 19.6 Å². The van der Waals surface area contributed by atoms with Crippen LogP contribution in [-0.4, -0.2) is 30.2 Å². The molecule has 0 aromatic carbocycles. The Hall–Kier alpha value is -0.830. The number of nitrogens with zero attached hydrogens (tertiary/aromatic N) is 1. The SMILES string of the molecule is C=C1CO[C@@H]2CC(=O)N2C1. The zero-order valence-corrected chi connectivity index (χ0v) is 5.67. The molecule has 2 aliphatic rings. The molecule has 3 heteroatoms. The standard InChI is InChI=1S/C7H9NO2/c1-5-3-8-6(9)2-7(8)10-4-5/h7H,1-4H2/t7-/m1/s1. The lowest BCUT2D eigenvalue weighted by molar-refractivity contribution is -0.178. The maximum Gasteiger partial charge on any atom is 0.229 e. The molecule has 0 bridgehead atoms. The molecule has 54 valence electrons. The molecule has 0 aliphatic carbocycles. The van der Waals surface area contributed by atoms with Gasteiger partial charge in [-0.1, -0.05) is 6.58 Å². The number of rotatable bonds is 0. The van der Waals surface area contributed by atoms with Crippen molar-refractivity contribution in [3.05, 3.63) is 12.2 Å². The Kier molecular flexibility index (Phi) is 1.08. The van der Waals surface area contributed by atoms with Crippen LogP contribution in [0.25, 0.3) is 0 Å². The molecule has 2 heterocycles. The number of amides is 1. The smallest absolute Gasteiger partial charge is 0.229 e. The van der Waals surface area contributed by atoms with E-state index in [9.17, 15) is 4.79 Å². The number of fused-ring (bicyclic) bond motifs is 1. The average Bonchev–Trinajstić information content (AvgIpc) is 1.92. The molecule has 3 nitrogen and oxygen atoms in total. The van der Waals surface area contributed by atoms with Crippen LogP contribution in [0.15, 0.2) is 12.2 Å². The molecule has 0 saturated carbocycles. The molecule has 2 fully saturated rings. The monoisotopic (exact) mass is 139 g/mol. The molecule has 2 saturated heterocycles. The topological polar surface area (TPSA) is 29.5 Å². The van der Waals surface area contributed by atoms with Crippen molar-refractivity contribution in [1.82, 2.24) is 4.90 Å². The normalized spacial score (nSPS) is 31.6. The van der Waals surface area contributed by atoms with Gasteiger partial charge in [-0.05, 0) is 5.57 Å². The minimum atomic E-state index is 0.0676. The fourth-order valence-electron chi connectivity index (χ4n) is 1.26. The Morgan fingerprint density at radius 1 is 1.70 bits per heavy atom. The van der Waals surface area contributed by atoms with Crippen molar-refractivity contribution in [3.8, 4) is 0 Å². The summed E-state index contributed by atoms with van der Waals surface area (Å²) >= 11 is 0. The average molecular weight is 139 g/mol. The van der Waals surface area contributed by atoms with E-state index in [1.54, 1.807) is 4.90 Å².